The lowest BCUT2D eigenvalue weighted by Gasteiger charge is -2.19. The summed E-state index contributed by atoms with van der Waals surface area (Å²) in [6, 6.07) is 10.1. The first-order chi connectivity index (χ1) is 10.3. The van der Waals surface area contributed by atoms with Crippen molar-refractivity contribution in [3.05, 3.63) is 30.3 Å². The highest BCUT2D eigenvalue weighted by molar-refractivity contribution is 5.73. The maximum atomic E-state index is 11.9. The molecule has 2 N–H and O–H groups in total. The molecule has 1 aliphatic rings. The van der Waals surface area contributed by atoms with Gasteiger partial charge in [-0.05, 0) is 31.4 Å². The highest BCUT2D eigenvalue weighted by atomic mass is 16.5. The molecule has 21 heavy (non-hydrogen) atoms. The van der Waals surface area contributed by atoms with E-state index >= 15 is 0 Å². The standard InChI is InChI=1S/C16H25N3O2/c1-19(16(20)18-13-15-9-5-12-21-15)11-6-10-17-14-7-3-2-4-8-14/h2-4,7-8,15,17H,5-6,9-13H2,1H3,(H,18,20)/t15-/m0/s1. The van der Waals surface area contributed by atoms with Gasteiger partial charge in [0.25, 0.3) is 0 Å². The number of nitrogens with zero attached hydrogens (tertiary/aromatic N) is 1. The van der Waals surface area contributed by atoms with E-state index in [9.17, 15) is 4.79 Å². The van der Waals surface area contributed by atoms with Crippen LogP contribution in [0.25, 0.3) is 0 Å². The number of para-hydroxylation sites is 1. The van der Waals surface area contributed by atoms with Crippen LogP contribution in [0.4, 0.5) is 10.5 Å². The highest BCUT2D eigenvalue weighted by Crippen LogP contribution is 2.10. The number of ether oxygens (including phenoxy) is 1. The molecule has 1 aromatic carbocycles. The average molecular weight is 291 g/mol. The number of anilines is 1. The Morgan fingerprint density at radius 1 is 1.38 bits per heavy atom. The summed E-state index contributed by atoms with van der Waals surface area (Å²) in [6.07, 6.45) is 3.26. The summed E-state index contributed by atoms with van der Waals surface area (Å²) in [7, 11) is 1.83. The zero-order valence-corrected chi connectivity index (χ0v) is 12.7. The van der Waals surface area contributed by atoms with E-state index in [0.29, 0.717) is 6.54 Å². The van der Waals surface area contributed by atoms with E-state index in [4.69, 9.17) is 4.74 Å². The average Bonchev–Trinajstić information content (AvgIpc) is 3.03. The van der Waals surface area contributed by atoms with Crippen LogP contribution in [0.5, 0.6) is 0 Å². The molecule has 2 amide bonds. The van der Waals surface area contributed by atoms with Gasteiger partial charge in [0, 0.05) is 39.0 Å². The largest absolute Gasteiger partial charge is 0.385 e. The van der Waals surface area contributed by atoms with Crippen molar-refractivity contribution in [2.75, 3.05) is 38.6 Å². The van der Waals surface area contributed by atoms with Crippen LogP contribution in [-0.2, 0) is 4.74 Å². The van der Waals surface area contributed by atoms with Crippen LogP contribution in [0.2, 0.25) is 0 Å². The van der Waals surface area contributed by atoms with Gasteiger partial charge >= 0.3 is 6.03 Å². The maximum Gasteiger partial charge on any atom is 0.317 e. The van der Waals surface area contributed by atoms with E-state index in [1.54, 1.807) is 4.90 Å². The predicted octanol–water partition coefficient (Wildman–Crippen LogP) is 2.31. The van der Waals surface area contributed by atoms with Crippen molar-refractivity contribution < 1.29 is 9.53 Å². The molecule has 1 aliphatic heterocycles. The van der Waals surface area contributed by atoms with Gasteiger partial charge in [-0.1, -0.05) is 18.2 Å². The Kier molecular flexibility index (Phi) is 6.34. The normalized spacial score (nSPS) is 17.5. The Morgan fingerprint density at radius 2 is 2.19 bits per heavy atom. The molecule has 0 unspecified atom stereocenters. The minimum atomic E-state index is -0.0230. The van der Waals surface area contributed by atoms with Gasteiger partial charge in [-0.3, -0.25) is 0 Å². The third-order valence-electron chi connectivity index (χ3n) is 3.62. The van der Waals surface area contributed by atoms with Crippen LogP contribution in [0, 0.1) is 0 Å². The van der Waals surface area contributed by atoms with Crippen molar-refractivity contribution in [1.82, 2.24) is 10.2 Å². The summed E-state index contributed by atoms with van der Waals surface area (Å²) in [5.74, 6) is 0. The predicted molar refractivity (Wildman–Crippen MR) is 84.6 cm³/mol. The highest BCUT2D eigenvalue weighted by Gasteiger charge is 2.17. The van der Waals surface area contributed by atoms with Gasteiger partial charge in [0.15, 0.2) is 0 Å². The first-order valence-corrected chi connectivity index (χ1v) is 7.65. The van der Waals surface area contributed by atoms with Gasteiger partial charge in [-0.2, -0.15) is 0 Å². The van der Waals surface area contributed by atoms with Gasteiger partial charge in [0.1, 0.15) is 0 Å². The van der Waals surface area contributed by atoms with Crippen molar-refractivity contribution in [1.29, 1.82) is 0 Å². The van der Waals surface area contributed by atoms with E-state index in [1.807, 2.05) is 37.4 Å². The van der Waals surface area contributed by atoms with Crippen LogP contribution >= 0.6 is 0 Å². The molecule has 1 fully saturated rings. The van der Waals surface area contributed by atoms with E-state index < -0.39 is 0 Å². The molecule has 1 atom stereocenters. The van der Waals surface area contributed by atoms with Crippen LogP contribution < -0.4 is 10.6 Å². The molecule has 116 valence electrons. The fraction of sp³-hybridized carbons (Fsp3) is 0.562. The number of nitrogens with one attached hydrogen (secondary N) is 2. The Hall–Kier alpha value is -1.75. The SMILES string of the molecule is CN(CCCNc1ccccc1)C(=O)NC[C@@H]1CCCO1. The molecule has 0 spiro atoms. The number of rotatable bonds is 7. The molecule has 5 nitrogen and oxygen atoms in total. The van der Waals surface area contributed by atoms with Gasteiger partial charge in [-0.15, -0.1) is 0 Å². The zero-order chi connectivity index (χ0) is 14.9. The van der Waals surface area contributed by atoms with Gasteiger partial charge in [0.05, 0.1) is 6.10 Å². The van der Waals surface area contributed by atoms with Crippen LogP contribution in [0.15, 0.2) is 30.3 Å². The molecule has 0 bridgehead atoms. The van der Waals surface area contributed by atoms with Gasteiger partial charge in [0.2, 0.25) is 0 Å². The van der Waals surface area contributed by atoms with Crippen molar-refractivity contribution >= 4 is 11.7 Å². The van der Waals surface area contributed by atoms with Gasteiger partial charge in [-0.25, -0.2) is 4.79 Å². The molecule has 2 rings (SSSR count). The van der Waals surface area contributed by atoms with E-state index in [1.165, 1.54) is 0 Å². The summed E-state index contributed by atoms with van der Waals surface area (Å²) >= 11 is 0. The summed E-state index contributed by atoms with van der Waals surface area (Å²) in [4.78, 5) is 13.6. The van der Waals surface area contributed by atoms with E-state index in [-0.39, 0.29) is 12.1 Å². The molecular weight excluding hydrogens is 266 g/mol. The van der Waals surface area contributed by atoms with Gasteiger partial charge < -0.3 is 20.3 Å². The number of hydrogen-bond acceptors (Lipinski definition) is 3. The number of carbonyl (C=O) groups excluding carboxylic acids is 1. The van der Waals surface area contributed by atoms with Crippen LogP contribution in [0.3, 0.4) is 0 Å². The zero-order valence-electron chi connectivity index (χ0n) is 12.7. The quantitative estimate of drug-likeness (QED) is 0.758. The minimum Gasteiger partial charge on any atom is -0.385 e. The van der Waals surface area contributed by atoms with E-state index in [2.05, 4.69) is 10.6 Å². The van der Waals surface area contributed by atoms with Crippen molar-refractivity contribution in [3.63, 3.8) is 0 Å². The lowest BCUT2D eigenvalue weighted by molar-refractivity contribution is 0.109. The second-order valence-corrected chi connectivity index (χ2v) is 5.39. The summed E-state index contributed by atoms with van der Waals surface area (Å²) < 4.78 is 5.49. The van der Waals surface area contributed by atoms with Crippen molar-refractivity contribution in [3.8, 4) is 0 Å². The lowest BCUT2D eigenvalue weighted by atomic mass is 10.2. The molecule has 0 saturated carbocycles. The topological polar surface area (TPSA) is 53.6 Å². The molecule has 0 radical (unpaired) electrons. The molecule has 1 saturated heterocycles. The minimum absolute atomic E-state index is 0.0230. The molecule has 1 aromatic rings. The Balaban J connectivity index is 1.55. The molecule has 0 aromatic heterocycles. The Labute approximate surface area is 126 Å². The molecule has 0 aliphatic carbocycles. The maximum absolute atomic E-state index is 11.9. The van der Waals surface area contributed by atoms with Crippen molar-refractivity contribution in [2.24, 2.45) is 0 Å². The summed E-state index contributed by atoms with van der Waals surface area (Å²) in [5, 5.41) is 6.26. The first kappa shape index (κ1) is 15.6. The molecular formula is C16H25N3O2. The fourth-order valence-electron chi connectivity index (χ4n) is 2.35. The van der Waals surface area contributed by atoms with Crippen LogP contribution in [0.1, 0.15) is 19.3 Å². The number of carbonyl (C=O) groups is 1. The third-order valence-corrected chi connectivity index (χ3v) is 3.62. The first-order valence-electron chi connectivity index (χ1n) is 7.65. The van der Waals surface area contributed by atoms with Crippen LogP contribution in [-0.4, -0.2) is 50.3 Å². The second kappa shape index (κ2) is 8.52. The fourth-order valence-corrected chi connectivity index (χ4v) is 2.35. The lowest BCUT2D eigenvalue weighted by Crippen LogP contribution is -2.41. The Bertz CT molecular complexity index is 419. The Morgan fingerprint density at radius 3 is 2.90 bits per heavy atom. The van der Waals surface area contributed by atoms with Crippen molar-refractivity contribution in [2.45, 2.75) is 25.4 Å². The van der Waals surface area contributed by atoms with E-state index in [0.717, 1.165) is 44.6 Å². The number of urea groups is 1. The summed E-state index contributed by atoms with van der Waals surface area (Å²) in [5.41, 5.74) is 1.11. The number of amides is 2. The third kappa shape index (κ3) is 5.63. The molecule has 1 heterocycles. The summed E-state index contributed by atoms with van der Waals surface area (Å²) in [6.45, 7) is 3.03. The second-order valence-electron chi connectivity index (χ2n) is 5.39. The smallest absolute Gasteiger partial charge is 0.317 e. The number of hydrogen-bond donors (Lipinski definition) is 2. The number of benzene rings is 1. The molecule has 5 heteroatoms. The monoisotopic (exact) mass is 291 g/mol.